The van der Waals surface area contributed by atoms with Crippen LogP contribution in [0.2, 0.25) is 0 Å². The van der Waals surface area contributed by atoms with Gasteiger partial charge < -0.3 is 14.6 Å². The molecule has 0 aliphatic carbocycles. The number of amides is 1. The Morgan fingerprint density at radius 1 is 1.10 bits per heavy atom. The summed E-state index contributed by atoms with van der Waals surface area (Å²) in [5.41, 5.74) is 2.05. The van der Waals surface area contributed by atoms with Crippen LogP contribution in [0, 0.1) is 5.92 Å². The van der Waals surface area contributed by atoms with Crippen LogP contribution in [-0.2, 0) is 4.79 Å². The third kappa shape index (κ3) is 7.72. The molecule has 2 aromatic rings. The summed E-state index contributed by atoms with van der Waals surface area (Å²) in [6.07, 6.45) is 3.32. The summed E-state index contributed by atoms with van der Waals surface area (Å²) < 4.78 is 5.72. The molecule has 2 rings (SSSR count). The lowest BCUT2D eigenvalue weighted by Crippen LogP contribution is -2.33. The van der Waals surface area contributed by atoms with Crippen LogP contribution < -0.4 is 10.2 Å². The van der Waals surface area contributed by atoms with E-state index in [1.807, 2.05) is 12.1 Å². The van der Waals surface area contributed by atoms with Gasteiger partial charge in [-0.3, -0.25) is 4.79 Å². The molecule has 29 heavy (non-hydrogen) atoms. The topological polar surface area (TPSA) is 71.3 Å². The largest absolute Gasteiger partial charge is 0.411 e. The van der Waals surface area contributed by atoms with Crippen LogP contribution >= 0.6 is 11.8 Å². The lowest BCUT2D eigenvalue weighted by Gasteiger charge is -2.20. The minimum absolute atomic E-state index is 0.00428. The van der Waals surface area contributed by atoms with Crippen LogP contribution in [0.1, 0.15) is 53.9 Å². The van der Waals surface area contributed by atoms with E-state index in [-0.39, 0.29) is 17.7 Å². The maximum Gasteiger partial charge on any atom is 0.277 e. The number of anilines is 1. The van der Waals surface area contributed by atoms with E-state index in [1.54, 1.807) is 0 Å². The summed E-state index contributed by atoms with van der Waals surface area (Å²) in [6, 6.07) is 8.29. The highest BCUT2D eigenvalue weighted by Crippen LogP contribution is 2.25. The summed E-state index contributed by atoms with van der Waals surface area (Å²) in [5, 5.41) is 11.6. The third-order valence-corrected chi connectivity index (χ3v) is 5.62. The minimum atomic E-state index is -0.00428. The summed E-state index contributed by atoms with van der Waals surface area (Å²) >= 11 is 1.27. The smallest absolute Gasteiger partial charge is 0.277 e. The quantitative estimate of drug-likeness (QED) is 0.489. The number of thioether (sulfide) groups is 1. The van der Waals surface area contributed by atoms with Gasteiger partial charge in [0.05, 0.1) is 5.75 Å². The third-order valence-electron chi connectivity index (χ3n) is 4.80. The number of hydrogen-bond donors (Lipinski definition) is 1. The Morgan fingerprint density at radius 3 is 2.41 bits per heavy atom. The van der Waals surface area contributed by atoms with Gasteiger partial charge in [0.25, 0.3) is 5.22 Å². The van der Waals surface area contributed by atoms with E-state index in [2.05, 4.69) is 67.2 Å². The fourth-order valence-electron chi connectivity index (χ4n) is 3.14. The van der Waals surface area contributed by atoms with Crippen LogP contribution in [0.4, 0.5) is 5.69 Å². The molecule has 7 heteroatoms. The van der Waals surface area contributed by atoms with Gasteiger partial charge in [-0.15, -0.1) is 10.2 Å². The Morgan fingerprint density at radius 2 is 1.79 bits per heavy atom. The summed E-state index contributed by atoms with van der Waals surface area (Å²) in [6.45, 7) is 12.7. The van der Waals surface area contributed by atoms with E-state index < -0.39 is 0 Å². The predicted octanol–water partition coefficient (Wildman–Crippen LogP) is 5.01. The predicted molar refractivity (Wildman–Crippen MR) is 120 cm³/mol. The number of benzene rings is 1. The van der Waals surface area contributed by atoms with Crippen molar-refractivity contribution in [3.63, 3.8) is 0 Å². The normalized spacial score (nSPS) is 12.2. The second-order valence-electron chi connectivity index (χ2n) is 7.67. The Labute approximate surface area is 178 Å². The van der Waals surface area contributed by atoms with Gasteiger partial charge >= 0.3 is 0 Å². The second kappa shape index (κ2) is 11.9. The van der Waals surface area contributed by atoms with E-state index in [1.165, 1.54) is 23.9 Å². The van der Waals surface area contributed by atoms with E-state index in [0.29, 0.717) is 17.0 Å². The van der Waals surface area contributed by atoms with Crippen LogP contribution in [0.3, 0.4) is 0 Å². The van der Waals surface area contributed by atoms with Crippen LogP contribution in [-0.4, -0.2) is 41.0 Å². The number of rotatable bonds is 12. The van der Waals surface area contributed by atoms with E-state index in [9.17, 15) is 4.79 Å². The molecule has 1 atom stereocenters. The van der Waals surface area contributed by atoms with Crippen molar-refractivity contribution in [2.75, 3.05) is 23.7 Å². The van der Waals surface area contributed by atoms with Crippen molar-refractivity contribution in [1.29, 1.82) is 0 Å². The van der Waals surface area contributed by atoms with E-state index in [4.69, 9.17) is 4.42 Å². The molecule has 0 aliphatic heterocycles. The molecular weight excluding hydrogens is 384 g/mol. The van der Waals surface area contributed by atoms with Gasteiger partial charge in [0.1, 0.15) is 0 Å². The fourth-order valence-corrected chi connectivity index (χ4v) is 3.71. The van der Waals surface area contributed by atoms with Crippen molar-refractivity contribution >= 4 is 23.4 Å². The monoisotopic (exact) mass is 418 g/mol. The number of carbonyl (C=O) groups excluding carboxylic acids is 1. The van der Waals surface area contributed by atoms with Crippen molar-refractivity contribution in [3.8, 4) is 11.5 Å². The number of carbonyl (C=O) groups is 1. The zero-order valence-electron chi connectivity index (χ0n) is 18.3. The highest BCUT2D eigenvalue weighted by Gasteiger charge is 2.13. The molecule has 1 unspecified atom stereocenters. The summed E-state index contributed by atoms with van der Waals surface area (Å²) in [5.74, 6) is 1.45. The van der Waals surface area contributed by atoms with Gasteiger partial charge in [-0.1, -0.05) is 38.5 Å². The SMILES string of the molecule is CCN(CC)c1ccc(-c2nnc(SCC(=O)NC(C)CCCC(C)C)o2)cc1. The highest BCUT2D eigenvalue weighted by atomic mass is 32.2. The Balaban J connectivity index is 1.82. The van der Waals surface area contributed by atoms with Gasteiger partial charge in [-0.05, 0) is 57.4 Å². The number of hydrogen-bond acceptors (Lipinski definition) is 6. The summed E-state index contributed by atoms with van der Waals surface area (Å²) in [7, 11) is 0. The van der Waals surface area contributed by atoms with E-state index >= 15 is 0 Å². The molecule has 6 nitrogen and oxygen atoms in total. The molecule has 160 valence electrons. The highest BCUT2D eigenvalue weighted by molar-refractivity contribution is 7.99. The van der Waals surface area contributed by atoms with Gasteiger partial charge in [-0.25, -0.2) is 0 Å². The Bertz CT molecular complexity index is 742. The van der Waals surface area contributed by atoms with Crippen molar-refractivity contribution in [2.24, 2.45) is 5.92 Å². The lowest BCUT2D eigenvalue weighted by molar-refractivity contribution is -0.119. The second-order valence-corrected chi connectivity index (χ2v) is 8.60. The fraction of sp³-hybridized carbons (Fsp3) is 0.591. The van der Waals surface area contributed by atoms with Crippen LogP contribution in [0.15, 0.2) is 33.9 Å². The minimum Gasteiger partial charge on any atom is -0.411 e. The van der Waals surface area contributed by atoms with Gasteiger partial charge in [-0.2, -0.15) is 0 Å². The van der Waals surface area contributed by atoms with Crippen LogP contribution in [0.25, 0.3) is 11.5 Å². The lowest BCUT2D eigenvalue weighted by atomic mass is 10.0. The zero-order valence-corrected chi connectivity index (χ0v) is 19.1. The van der Waals surface area contributed by atoms with Crippen molar-refractivity contribution in [3.05, 3.63) is 24.3 Å². The molecule has 0 spiro atoms. The molecule has 0 bridgehead atoms. The molecule has 0 saturated carbocycles. The molecule has 1 N–H and O–H groups in total. The Hall–Kier alpha value is -2.02. The molecule has 1 amide bonds. The maximum atomic E-state index is 12.1. The average Bonchev–Trinajstić information content (AvgIpc) is 3.16. The molecular formula is C22H34N4O2S. The maximum absolute atomic E-state index is 12.1. The molecule has 1 aromatic heterocycles. The zero-order chi connectivity index (χ0) is 21.2. The van der Waals surface area contributed by atoms with Crippen molar-refractivity contribution < 1.29 is 9.21 Å². The van der Waals surface area contributed by atoms with Crippen molar-refractivity contribution in [2.45, 2.75) is 65.1 Å². The van der Waals surface area contributed by atoms with Gasteiger partial charge in [0, 0.05) is 30.4 Å². The molecule has 1 heterocycles. The molecule has 0 aliphatic rings. The van der Waals surface area contributed by atoms with Gasteiger partial charge in [0.15, 0.2) is 0 Å². The first kappa shape index (κ1) is 23.3. The molecule has 0 fully saturated rings. The first-order valence-corrected chi connectivity index (χ1v) is 11.5. The standard InChI is InChI=1S/C22H34N4O2S/c1-6-26(7-2)19-13-11-18(12-14-19)21-24-25-22(28-21)29-15-20(27)23-17(5)10-8-9-16(3)4/h11-14,16-17H,6-10,15H2,1-5H3,(H,23,27). The molecule has 1 aromatic carbocycles. The molecule has 0 saturated heterocycles. The average molecular weight is 419 g/mol. The van der Waals surface area contributed by atoms with Gasteiger partial charge in [0.2, 0.25) is 11.8 Å². The number of nitrogens with one attached hydrogen (secondary N) is 1. The molecule has 0 radical (unpaired) electrons. The van der Waals surface area contributed by atoms with Crippen molar-refractivity contribution in [1.82, 2.24) is 15.5 Å². The van der Waals surface area contributed by atoms with E-state index in [0.717, 1.165) is 31.5 Å². The first-order valence-electron chi connectivity index (χ1n) is 10.5. The number of aromatic nitrogens is 2. The summed E-state index contributed by atoms with van der Waals surface area (Å²) in [4.78, 5) is 14.4. The first-order chi connectivity index (χ1) is 13.9. The Kier molecular flexibility index (Phi) is 9.51. The van der Waals surface area contributed by atoms with Crippen LogP contribution in [0.5, 0.6) is 0 Å². The number of nitrogens with zero attached hydrogens (tertiary/aromatic N) is 3.